The van der Waals surface area contributed by atoms with E-state index in [1.807, 2.05) is 0 Å². The highest BCUT2D eigenvalue weighted by atomic mass is 79.9. The van der Waals surface area contributed by atoms with Crippen LogP contribution in [0.25, 0.3) is 0 Å². The number of anilines is 1. The molecule has 0 atom stereocenters. The van der Waals surface area contributed by atoms with Crippen molar-refractivity contribution in [3.8, 4) is 0 Å². The summed E-state index contributed by atoms with van der Waals surface area (Å²) in [7, 11) is 2.18. The van der Waals surface area contributed by atoms with E-state index in [1.165, 1.54) is 41.5 Å². The fraction of sp³-hybridized carbons (Fsp3) is 0.571. The van der Waals surface area contributed by atoms with E-state index < -0.39 is 0 Å². The first-order chi connectivity index (χ1) is 8.20. The monoisotopic (exact) mass is 296 g/mol. The first kappa shape index (κ1) is 12.9. The molecule has 0 amide bonds. The summed E-state index contributed by atoms with van der Waals surface area (Å²) in [4.78, 5) is 2.36. The lowest BCUT2D eigenvalue weighted by molar-refractivity contribution is 0.321. The van der Waals surface area contributed by atoms with Crippen molar-refractivity contribution in [3.05, 3.63) is 28.2 Å². The maximum absolute atomic E-state index is 5.57. The Morgan fingerprint density at radius 1 is 1.41 bits per heavy atom. The van der Waals surface area contributed by atoms with Gasteiger partial charge in [0.15, 0.2) is 0 Å². The van der Waals surface area contributed by atoms with Gasteiger partial charge in [0.25, 0.3) is 0 Å². The van der Waals surface area contributed by atoms with E-state index in [0.29, 0.717) is 6.54 Å². The third-order valence-corrected chi connectivity index (χ3v) is 4.25. The fourth-order valence-corrected chi connectivity index (χ4v) is 3.07. The predicted octanol–water partition coefficient (Wildman–Crippen LogP) is 3.19. The van der Waals surface area contributed by atoms with Crippen LogP contribution in [0.15, 0.2) is 22.7 Å². The Hall–Kier alpha value is -0.540. The maximum atomic E-state index is 5.57. The van der Waals surface area contributed by atoms with Gasteiger partial charge < -0.3 is 10.6 Å². The fourth-order valence-electron chi connectivity index (χ4n) is 2.34. The quantitative estimate of drug-likeness (QED) is 0.904. The highest BCUT2D eigenvalue weighted by molar-refractivity contribution is 9.10. The molecule has 17 heavy (non-hydrogen) atoms. The number of halogens is 1. The van der Waals surface area contributed by atoms with E-state index in [0.717, 1.165) is 12.3 Å². The molecule has 0 bridgehead atoms. The van der Waals surface area contributed by atoms with Crippen molar-refractivity contribution in [1.29, 1.82) is 0 Å². The van der Waals surface area contributed by atoms with Crippen LogP contribution in [0.2, 0.25) is 0 Å². The summed E-state index contributed by atoms with van der Waals surface area (Å²) in [5.41, 5.74) is 8.17. The van der Waals surface area contributed by atoms with Gasteiger partial charge in [-0.05, 0) is 65.4 Å². The highest BCUT2D eigenvalue weighted by Gasteiger charge is 2.19. The van der Waals surface area contributed by atoms with Crippen molar-refractivity contribution in [3.63, 3.8) is 0 Å². The van der Waals surface area contributed by atoms with E-state index in [4.69, 9.17) is 5.73 Å². The second-order valence-electron chi connectivity index (χ2n) is 5.00. The van der Waals surface area contributed by atoms with Gasteiger partial charge in [0, 0.05) is 18.1 Å². The number of rotatable bonds is 5. The molecule has 1 fully saturated rings. The number of nitrogens with zero attached hydrogens (tertiary/aromatic N) is 1. The Balaban J connectivity index is 2.03. The Bertz CT molecular complexity index is 374. The zero-order chi connectivity index (χ0) is 12.3. The molecule has 0 saturated heterocycles. The van der Waals surface area contributed by atoms with Crippen molar-refractivity contribution in [2.75, 3.05) is 25.0 Å². The Kier molecular flexibility index (Phi) is 4.46. The molecule has 1 aliphatic carbocycles. The second-order valence-corrected chi connectivity index (χ2v) is 5.86. The van der Waals surface area contributed by atoms with Crippen LogP contribution < -0.4 is 10.6 Å². The van der Waals surface area contributed by atoms with Crippen LogP contribution in [0.1, 0.15) is 24.8 Å². The molecule has 0 radical (unpaired) electrons. The summed E-state index contributed by atoms with van der Waals surface area (Å²) in [6.45, 7) is 1.89. The van der Waals surface area contributed by atoms with E-state index >= 15 is 0 Å². The molecule has 2 nitrogen and oxygen atoms in total. The number of hydrogen-bond donors (Lipinski definition) is 1. The first-order valence-corrected chi connectivity index (χ1v) is 7.19. The molecule has 0 aromatic heterocycles. The Morgan fingerprint density at radius 3 is 2.71 bits per heavy atom. The van der Waals surface area contributed by atoms with E-state index in [9.17, 15) is 0 Å². The molecular weight excluding hydrogens is 276 g/mol. The van der Waals surface area contributed by atoms with Crippen LogP contribution in [0.3, 0.4) is 0 Å². The maximum Gasteiger partial charge on any atom is 0.0508 e. The molecule has 3 heteroatoms. The second kappa shape index (κ2) is 5.87. The molecule has 1 saturated carbocycles. The molecule has 1 aromatic rings. The minimum absolute atomic E-state index is 0.712. The molecule has 2 N–H and O–H groups in total. The summed E-state index contributed by atoms with van der Waals surface area (Å²) in [6.07, 6.45) is 5.15. The summed E-state index contributed by atoms with van der Waals surface area (Å²) >= 11 is 3.67. The van der Waals surface area contributed by atoms with Gasteiger partial charge in [-0.2, -0.15) is 0 Å². The predicted molar refractivity (Wildman–Crippen MR) is 77.5 cm³/mol. The van der Waals surface area contributed by atoms with Crippen LogP contribution in [0, 0.1) is 5.92 Å². The lowest BCUT2D eigenvalue weighted by Gasteiger charge is -2.31. The molecular formula is C14H21BrN2. The lowest BCUT2D eigenvalue weighted by atomic mass is 9.85. The number of nitrogens with two attached hydrogens (primary N) is 1. The Morgan fingerprint density at radius 2 is 2.18 bits per heavy atom. The molecule has 0 aliphatic heterocycles. The molecule has 94 valence electrons. The molecule has 1 aromatic carbocycles. The minimum Gasteiger partial charge on any atom is -0.373 e. The van der Waals surface area contributed by atoms with Gasteiger partial charge in [0.2, 0.25) is 0 Å². The van der Waals surface area contributed by atoms with Crippen molar-refractivity contribution in [2.45, 2.75) is 25.7 Å². The third kappa shape index (κ3) is 3.23. The molecule has 0 unspecified atom stereocenters. The van der Waals surface area contributed by atoms with E-state index in [1.54, 1.807) is 0 Å². The van der Waals surface area contributed by atoms with Gasteiger partial charge >= 0.3 is 0 Å². The van der Waals surface area contributed by atoms with Crippen LogP contribution in [0.5, 0.6) is 0 Å². The summed E-state index contributed by atoms with van der Waals surface area (Å²) in [5.74, 6) is 0.899. The number of benzene rings is 1. The highest BCUT2D eigenvalue weighted by Crippen LogP contribution is 2.31. The molecule has 0 spiro atoms. The average molecular weight is 297 g/mol. The largest absolute Gasteiger partial charge is 0.373 e. The molecule has 1 aliphatic rings. The zero-order valence-electron chi connectivity index (χ0n) is 10.5. The van der Waals surface area contributed by atoms with Gasteiger partial charge in [0.05, 0.1) is 5.69 Å². The standard InChI is InChI=1S/C14H21BrN2/c1-17(10-12-3-2-4-12)14-6-5-11(7-8-16)9-13(14)15/h5-6,9,12H,2-4,7-8,10,16H2,1H3. The van der Waals surface area contributed by atoms with E-state index in [2.05, 4.69) is 46.1 Å². The van der Waals surface area contributed by atoms with Crippen molar-refractivity contribution >= 4 is 21.6 Å². The third-order valence-electron chi connectivity index (χ3n) is 3.61. The molecule has 2 rings (SSSR count). The van der Waals surface area contributed by atoms with E-state index in [-0.39, 0.29) is 0 Å². The summed E-state index contributed by atoms with van der Waals surface area (Å²) in [5, 5.41) is 0. The van der Waals surface area contributed by atoms with Gasteiger partial charge in [-0.25, -0.2) is 0 Å². The van der Waals surface area contributed by atoms with Gasteiger partial charge in [-0.3, -0.25) is 0 Å². The van der Waals surface area contributed by atoms with Crippen molar-refractivity contribution in [1.82, 2.24) is 0 Å². The summed E-state index contributed by atoms with van der Waals surface area (Å²) in [6, 6.07) is 6.58. The van der Waals surface area contributed by atoms with Gasteiger partial charge in [0.1, 0.15) is 0 Å². The zero-order valence-corrected chi connectivity index (χ0v) is 12.0. The topological polar surface area (TPSA) is 29.3 Å². The minimum atomic E-state index is 0.712. The van der Waals surface area contributed by atoms with Crippen LogP contribution in [0.4, 0.5) is 5.69 Å². The smallest absolute Gasteiger partial charge is 0.0508 e. The van der Waals surface area contributed by atoms with Crippen LogP contribution in [-0.2, 0) is 6.42 Å². The summed E-state index contributed by atoms with van der Waals surface area (Å²) < 4.78 is 1.19. The average Bonchev–Trinajstić information content (AvgIpc) is 2.24. The number of hydrogen-bond acceptors (Lipinski definition) is 2. The van der Waals surface area contributed by atoms with Crippen molar-refractivity contribution in [2.24, 2.45) is 11.7 Å². The lowest BCUT2D eigenvalue weighted by Crippen LogP contribution is -2.29. The van der Waals surface area contributed by atoms with Gasteiger partial charge in [-0.1, -0.05) is 12.5 Å². The first-order valence-electron chi connectivity index (χ1n) is 6.40. The normalized spacial score (nSPS) is 15.7. The molecule has 0 heterocycles. The Labute approximate surface area is 112 Å². The SMILES string of the molecule is CN(CC1CCC1)c1ccc(CCN)cc1Br. The van der Waals surface area contributed by atoms with Crippen molar-refractivity contribution < 1.29 is 0 Å². The van der Waals surface area contributed by atoms with Gasteiger partial charge in [-0.15, -0.1) is 0 Å². The van der Waals surface area contributed by atoms with Crippen LogP contribution in [-0.4, -0.2) is 20.1 Å². The van der Waals surface area contributed by atoms with Crippen LogP contribution >= 0.6 is 15.9 Å².